The van der Waals surface area contributed by atoms with Gasteiger partial charge in [0.2, 0.25) is 0 Å². The van der Waals surface area contributed by atoms with E-state index in [4.69, 9.17) is 21.1 Å². The van der Waals surface area contributed by atoms with Crippen LogP contribution in [-0.2, 0) is 0 Å². The fraction of sp³-hybridized carbons (Fsp3) is 0.278. The number of nitro groups is 1. The average Bonchev–Trinajstić information content (AvgIpc) is 2.60. The van der Waals surface area contributed by atoms with Crippen LogP contribution < -0.4 is 19.7 Å². The van der Waals surface area contributed by atoms with Gasteiger partial charge in [-0.25, -0.2) is 4.79 Å². The lowest BCUT2D eigenvalue weighted by Crippen LogP contribution is -2.65. The van der Waals surface area contributed by atoms with Crippen LogP contribution in [0.4, 0.5) is 16.2 Å². The van der Waals surface area contributed by atoms with Crippen LogP contribution in [-0.4, -0.2) is 23.8 Å². The van der Waals surface area contributed by atoms with Crippen molar-refractivity contribution in [2.24, 2.45) is 0 Å². The highest BCUT2D eigenvalue weighted by molar-refractivity contribution is 6.31. The Kier molecular flexibility index (Phi) is 3.88. The van der Waals surface area contributed by atoms with Crippen molar-refractivity contribution < 1.29 is 19.2 Å². The van der Waals surface area contributed by atoms with Crippen molar-refractivity contribution in [2.75, 3.05) is 12.0 Å². The van der Waals surface area contributed by atoms with Crippen LogP contribution in [0.2, 0.25) is 5.02 Å². The maximum absolute atomic E-state index is 12.9. The number of methoxy groups -OCH3 is 1. The number of nitro benzene ring substituents is 1. The predicted molar refractivity (Wildman–Crippen MR) is 98.5 cm³/mol. The van der Waals surface area contributed by atoms with Crippen LogP contribution in [0.25, 0.3) is 0 Å². The van der Waals surface area contributed by atoms with Crippen molar-refractivity contribution >= 4 is 29.0 Å². The van der Waals surface area contributed by atoms with Gasteiger partial charge in [-0.1, -0.05) is 11.6 Å². The minimum Gasteiger partial charge on any atom is -0.495 e. The molecule has 1 N–H and O–H groups in total. The Hall–Kier alpha value is -3.00. The number of anilines is 1. The summed E-state index contributed by atoms with van der Waals surface area (Å²) in [4.78, 5) is 25.0. The second-order valence-electron chi connectivity index (χ2n) is 6.61. The van der Waals surface area contributed by atoms with Crippen LogP contribution in [0.15, 0.2) is 36.4 Å². The van der Waals surface area contributed by atoms with E-state index in [-0.39, 0.29) is 5.69 Å². The zero-order valence-corrected chi connectivity index (χ0v) is 15.3. The molecule has 2 heterocycles. The molecule has 2 aromatic carbocycles. The first-order valence-electron chi connectivity index (χ1n) is 8.24. The van der Waals surface area contributed by atoms with E-state index in [2.05, 4.69) is 5.32 Å². The number of fused-ring (bicyclic) bond motifs is 4. The molecule has 2 amide bonds. The van der Waals surface area contributed by atoms with E-state index in [9.17, 15) is 14.9 Å². The quantitative estimate of drug-likeness (QED) is 0.631. The van der Waals surface area contributed by atoms with E-state index < -0.39 is 22.7 Å². The summed E-state index contributed by atoms with van der Waals surface area (Å²) >= 11 is 6.13. The molecule has 0 saturated carbocycles. The lowest BCUT2D eigenvalue weighted by Gasteiger charge is -2.50. The van der Waals surface area contributed by atoms with Crippen molar-refractivity contribution in [3.8, 4) is 11.5 Å². The highest BCUT2D eigenvalue weighted by Gasteiger charge is 2.50. The Balaban J connectivity index is 1.81. The number of benzene rings is 2. The molecule has 2 aromatic rings. The lowest BCUT2D eigenvalue weighted by atomic mass is 9.90. The molecule has 2 aliphatic heterocycles. The zero-order chi connectivity index (χ0) is 19.3. The molecule has 0 unspecified atom stereocenters. The minimum absolute atomic E-state index is 0.0471. The van der Waals surface area contributed by atoms with Crippen molar-refractivity contribution in [3.63, 3.8) is 0 Å². The molecule has 0 aromatic heterocycles. The van der Waals surface area contributed by atoms with Gasteiger partial charge in [0.1, 0.15) is 11.5 Å². The monoisotopic (exact) mass is 389 g/mol. The number of halogens is 1. The van der Waals surface area contributed by atoms with Gasteiger partial charge in [-0.05, 0) is 31.2 Å². The number of hydrogen-bond acceptors (Lipinski definition) is 5. The largest absolute Gasteiger partial charge is 0.495 e. The molecular formula is C18H16ClN3O5. The van der Waals surface area contributed by atoms with Gasteiger partial charge in [-0.15, -0.1) is 0 Å². The molecule has 1 fully saturated rings. The number of carbonyl (C=O) groups is 1. The molecule has 0 aliphatic carbocycles. The summed E-state index contributed by atoms with van der Waals surface area (Å²) in [6.45, 7) is 1.80. The van der Waals surface area contributed by atoms with Crippen molar-refractivity contribution in [3.05, 3.63) is 57.1 Å². The summed E-state index contributed by atoms with van der Waals surface area (Å²) < 4.78 is 11.5. The summed E-state index contributed by atoms with van der Waals surface area (Å²) in [7, 11) is 1.51. The average molecular weight is 390 g/mol. The van der Waals surface area contributed by atoms with Crippen LogP contribution in [0, 0.1) is 10.1 Å². The number of urea groups is 1. The molecule has 140 valence electrons. The Labute approximate surface area is 159 Å². The second kappa shape index (κ2) is 6.02. The number of nitrogens with zero attached hydrogens (tertiary/aromatic N) is 2. The molecule has 9 heteroatoms. The summed E-state index contributed by atoms with van der Waals surface area (Å²) in [5, 5.41) is 14.4. The summed E-state index contributed by atoms with van der Waals surface area (Å²) in [5.41, 5.74) is 0.0179. The third-order valence-corrected chi connectivity index (χ3v) is 5.08. The normalized spacial score (nSPS) is 23.1. The Morgan fingerprint density at radius 3 is 2.85 bits per heavy atom. The fourth-order valence-corrected chi connectivity index (χ4v) is 3.84. The SMILES string of the molecule is COc1ccc(Cl)cc1N1C(=O)N[C@H]2C[C@]1(C)Oc1ccc([N+](=O)[O-])cc12. The number of nitrogens with one attached hydrogen (secondary N) is 1. The first-order valence-corrected chi connectivity index (χ1v) is 8.62. The zero-order valence-electron chi connectivity index (χ0n) is 14.6. The molecule has 8 nitrogen and oxygen atoms in total. The van der Waals surface area contributed by atoms with Gasteiger partial charge in [0.15, 0.2) is 5.72 Å². The van der Waals surface area contributed by atoms with Crippen molar-refractivity contribution in [2.45, 2.75) is 25.1 Å². The number of hydrogen-bond donors (Lipinski definition) is 1. The van der Waals surface area contributed by atoms with Gasteiger partial charge >= 0.3 is 6.03 Å². The summed E-state index contributed by atoms with van der Waals surface area (Å²) in [5.74, 6) is 0.970. The molecule has 0 radical (unpaired) electrons. The maximum Gasteiger partial charge on any atom is 0.325 e. The number of rotatable bonds is 3. The van der Waals surface area contributed by atoms with E-state index in [0.717, 1.165) is 0 Å². The third-order valence-electron chi connectivity index (χ3n) is 4.85. The molecule has 2 bridgehead atoms. The first kappa shape index (κ1) is 17.4. The molecule has 1 saturated heterocycles. The standard InChI is InChI=1S/C18H16ClN3O5/c1-18-9-13(12-8-11(22(24)25)4-6-15(12)27-18)20-17(23)21(18)14-7-10(19)3-5-16(14)26-2/h3-8,13H,9H2,1-2H3,(H,20,23)/t13-,18-/m0/s1. The second-order valence-corrected chi connectivity index (χ2v) is 7.05. The van der Waals surface area contributed by atoms with E-state index in [1.807, 2.05) is 0 Å². The Morgan fingerprint density at radius 1 is 1.37 bits per heavy atom. The summed E-state index contributed by atoms with van der Waals surface area (Å²) in [6, 6.07) is 8.58. The first-order chi connectivity index (χ1) is 12.8. The van der Waals surface area contributed by atoms with E-state index in [0.29, 0.717) is 34.2 Å². The highest BCUT2D eigenvalue weighted by Crippen LogP contribution is 2.48. The lowest BCUT2D eigenvalue weighted by molar-refractivity contribution is -0.385. The van der Waals surface area contributed by atoms with Crippen molar-refractivity contribution in [1.82, 2.24) is 5.32 Å². The maximum atomic E-state index is 12.9. The van der Waals surface area contributed by atoms with E-state index >= 15 is 0 Å². The van der Waals surface area contributed by atoms with Gasteiger partial charge < -0.3 is 14.8 Å². The minimum atomic E-state index is -1.01. The van der Waals surface area contributed by atoms with Gasteiger partial charge in [0, 0.05) is 29.1 Å². The van der Waals surface area contributed by atoms with Crippen LogP contribution >= 0.6 is 11.6 Å². The Morgan fingerprint density at radius 2 is 2.15 bits per heavy atom. The Bertz CT molecular complexity index is 966. The number of carbonyl (C=O) groups excluding carboxylic acids is 1. The smallest absolute Gasteiger partial charge is 0.325 e. The predicted octanol–water partition coefficient (Wildman–Crippen LogP) is 4.03. The molecule has 27 heavy (non-hydrogen) atoms. The van der Waals surface area contributed by atoms with Crippen molar-refractivity contribution in [1.29, 1.82) is 0 Å². The van der Waals surface area contributed by atoms with E-state index in [1.165, 1.54) is 24.1 Å². The van der Waals surface area contributed by atoms with Gasteiger partial charge in [0.25, 0.3) is 5.69 Å². The van der Waals surface area contributed by atoms with Gasteiger partial charge in [0.05, 0.1) is 23.8 Å². The molecular weight excluding hydrogens is 374 g/mol. The molecule has 4 rings (SSSR count). The van der Waals surface area contributed by atoms with Crippen LogP contribution in [0.3, 0.4) is 0 Å². The van der Waals surface area contributed by atoms with E-state index in [1.54, 1.807) is 31.2 Å². The molecule has 0 spiro atoms. The number of ether oxygens (including phenoxy) is 2. The van der Waals surface area contributed by atoms with Gasteiger partial charge in [-0.3, -0.25) is 15.0 Å². The number of amides is 2. The number of non-ortho nitro benzene ring substituents is 1. The van der Waals surface area contributed by atoms with Crippen LogP contribution in [0.5, 0.6) is 11.5 Å². The van der Waals surface area contributed by atoms with Gasteiger partial charge in [-0.2, -0.15) is 0 Å². The third kappa shape index (κ3) is 2.73. The topological polar surface area (TPSA) is 93.9 Å². The highest BCUT2D eigenvalue weighted by atomic mass is 35.5. The van der Waals surface area contributed by atoms with Crippen LogP contribution in [0.1, 0.15) is 24.9 Å². The molecule has 2 aliphatic rings. The fourth-order valence-electron chi connectivity index (χ4n) is 3.68. The molecule has 2 atom stereocenters. The summed E-state index contributed by atoms with van der Waals surface area (Å²) in [6.07, 6.45) is 0.405.